The predicted molar refractivity (Wildman–Crippen MR) is 104 cm³/mol. The van der Waals surface area contributed by atoms with E-state index in [4.69, 9.17) is 9.72 Å². The molecule has 3 aromatic rings. The number of benzene rings is 2. The molecule has 1 atom stereocenters. The fourth-order valence-electron chi connectivity index (χ4n) is 3.87. The Kier molecular flexibility index (Phi) is 4.93. The first-order valence-electron chi connectivity index (χ1n) is 9.53. The van der Waals surface area contributed by atoms with E-state index in [9.17, 15) is 5.11 Å². The molecule has 1 aromatic heterocycles. The van der Waals surface area contributed by atoms with Crippen molar-refractivity contribution in [3.8, 4) is 5.75 Å². The molecule has 136 valence electrons. The molecule has 1 unspecified atom stereocenters. The molecule has 0 saturated heterocycles. The van der Waals surface area contributed by atoms with E-state index >= 15 is 0 Å². The zero-order chi connectivity index (χ0) is 17.9. The lowest BCUT2D eigenvalue weighted by Crippen LogP contribution is -2.25. The monoisotopic (exact) mass is 350 g/mol. The molecule has 26 heavy (non-hydrogen) atoms. The van der Waals surface area contributed by atoms with E-state index < -0.39 is 6.10 Å². The van der Waals surface area contributed by atoms with Gasteiger partial charge in [-0.2, -0.15) is 0 Å². The third kappa shape index (κ3) is 3.61. The summed E-state index contributed by atoms with van der Waals surface area (Å²) >= 11 is 0. The van der Waals surface area contributed by atoms with Gasteiger partial charge in [0.15, 0.2) is 0 Å². The topological polar surface area (TPSA) is 47.3 Å². The van der Waals surface area contributed by atoms with Crippen LogP contribution >= 0.6 is 0 Å². The van der Waals surface area contributed by atoms with E-state index in [0.717, 1.165) is 22.6 Å². The van der Waals surface area contributed by atoms with Gasteiger partial charge in [0, 0.05) is 5.92 Å². The van der Waals surface area contributed by atoms with Gasteiger partial charge in [-0.3, -0.25) is 0 Å². The van der Waals surface area contributed by atoms with Crippen LogP contribution in [-0.2, 0) is 6.54 Å². The fourth-order valence-corrected chi connectivity index (χ4v) is 3.87. The maximum absolute atomic E-state index is 10.6. The minimum Gasteiger partial charge on any atom is -0.491 e. The van der Waals surface area contributed by atoms with Gasteiger partial charge in [-0.15, -0.1) is 0 Å². The number of aliphatic hydroxyl groups is 1. The molecule has 0 spiro atoms. The Bertz CT molecular complexity index is 863. The van der Waals surface area contributed by atoms with Crippen molar-refractivity contribution in [3.63, 3.8) is 0 Å². The summed E-state index contributed by atoms with van der Waals surface area (Å²) in [6.45, 7) is 2.84. The lowest BCUT2D eigenvalue weighted by molar-refractivity contribution is 0.0924. The number of rotatable bonds is 6. The second kappa shape index (κ2) is 7.50. The summed E-state index contributed by atoms with van der Waals surface area (Å²) in [6, 6.07) is 16.1. The summed E-state index contributed by atoms with van der Waals surface area (Å²) in [7, 11) is 0. The highest BCUT2D eigenvalue weighted by molar-refractivity contribution is 5.76. The average molecular weight is 350 g/mol. The van der Waals surface area contributed by atoms with Gasteiger partial charge in [0.2, 0.25) is 0 Å². The number of para-hydroxylation sites is 2. The third-order valence-electron chi connectivity index (χ3n) is 5.26. The molecule has 0 bridgehead atoms. The Balaban J connectivity index is 1.51. The van der Waals surface area contributed by atoms with Crippen molar-refractivity contribution < 1.29 is 9.84 Å². The van der Waals surface area contributed by atoms with Crippen LogP contribution in [0.4, 0.5) is 0 Å². The SMILES string of the molecule is Cc1ccc(OCC(O)Cn2c(C3CCCC3)nc3ccccc32)cc1. The van der Waals surface area contributed by atoms with Crippen LogP contribution in [-0.4, -0.2) is 27.4 Å². The lowest BCUT2D eigenvalue weighted by atomic mass is 10.1. The Labute approximate surface area is 154 Å². The van der Waals surface area contributed by atoms with Gasteiger partial charge in [0.1, 0.15) is 24.3 Å². The summed E-state index contributed by atoms with van der Waals surface area (Å²) < 4.78 is 7.97. The number of imidazole rings is 1. The summed E-state index contributed by atoms with van der Waals surface area (Å²) in [5, 5.41) is 10.6. The maximum atomic E-state index is 10.6. The van der Waals surface area contributed by atoms with Gasteiger partial charge in [0.25, 0.3) is 0 Å². The lowest BCUT2D eigenvalue weighted by Gasteiger charge is -2.18. The zero-order valence-electron chi connectivity index (χ0n) is 15.3. The van der Waals surface area contributed by atoms with E-state index in [1.807, 2.05) is 43.3 Å². The molecule has 0 amide bonds. The maximum Gasteiger partial charge on any atom is 0.119 e. The molecular formula is C22H26N2O2. The van der Waals surface area contributed by atoms with E-state index in [1.54, 1.807) is 0 Å². The highest BCUT2D eigenvalue weighted by Gasteiger charge is 2.24. The van der Waals surface area contributed by atoms with Gasteiger partial charge >= 0.3 is 0 Å². The first-order chi connectivity index (χ1) is 12.7. The Morgan fingerprint density at radius 3 is 2.62 bits per heavy atom. The summed E-state index contributed by atoms with van der Waals surface area (Å²) in [6.07, 6.45) is 4.35. The van der Waals surface area contributed by atoms with E-state index in [0.29, 0.717) is 12.5 Å². The molecule has 1 aliphatic carbocycles. The quantitative estimate of drug-likeness (QED) is 0.715. The van der Waals surface area contributed by atoms with Crippen LogP contribution in [0.3, 0.4) is 0 Å². The van der Waals surface area contributed by atoms with Crippen LogP contribution in [0.15, 0.2) is 48.5 Å². The van der Waals surface area contributed by atoms with Gasteiger partial charge < -0.3 is 14.4 Å². The predicted octanol–water partition coefficient (Wildman–Crippen LogP) is 4.44. The van der Waals surface area contributed by atoms with E-state index in [-0.39, 0.29) is 6.61 Å². The molecule has 1 fully saturated rings. The Morgan fingerprint density at radius 1 is 1.12 bits per heavy atom. The normalized spacial score (nSPS) is 16.2. The minimum absolute atomic E-state index is 0.277. The number of ether oxygens (including phenoxy) is 1. The smallest absolute Gasteiger partial charge is 0.119 e. The number of aromatic nitrogens is 2. The van der Waals surface area contributed by atoms with Crippen LogP contribution in [0.25, 0.3) is 11.0 Å². The second-order valence-electron chi connectivity index (χ2n) is 7.33. The van der Waals surface area contributed by atoms with Crippen LogP contribution in [0.1, 0.15) is 43.0 Å². The van der Waals surface area contributed by atoms with E-state index in [2.05, 4.69) is 16.7 Å². The Morgan fingerprint density at radius 2 is 1.85 bits per heavy atom. The standard InChI is InChI=1S/C22H26N2O2/c1-16-10-12-19(13-11-16)26-15-18(25)14-24-21-9-5-4-8-20(21)23-22(24)17-6-2-3-7-17/h4-5,8-13,17-18,25H,2-3,6-7,14-15H2,1H3. The molecule has 4 heteroatoms. The zero-order valence-corrected chi connectivity index (χ0v) is 15.3. The molecule has 0 radical (unpaired) electrons. The average Bonchev–Trinajstić information content (AvgIpc) is 3.30. The largest absolute Gasteiger partial charge is 0.491 e. The number of fused-ring (bicyclic) bond motifs is 1. The molecule has 0 aliphatic heterocycles. The van der Waals surface area contributed by atoms with Crippen molar-refractivity contribution in [1.29, 1.82) is 0 Å². The molecule has 1 heterocycles. The van der Waals surface area contributed by atoms with Crippen LogP contribution in [0.2, 0.25) is 0 Å². The van der Waals surface area contributed by atoms with Crippen molar-refractivity contribution >= 4 is 11.0 Å². The highest BCUT2D eigenvalue weighted by atomic mass is 16.5. The number of hydrogen-bond acceptors (Lipinski definition) is 3. The molecule has 1 saturated carbocycles. The van der Waals surface area contributed by atoms with Crippen LogP contribution < -0.4 is 4.74 Å². The fraction of sp³-hybridized carbons (Fsp3) is 0.409. The van der Waals surface area contributed by atoms with Crippen molar-refractivity contribution in [2.75, 3.05) is 6.61 Å². The third-order valence-corrected chi connectivity index (χ3v) is 5.26. The van der Waals surface area contributed by atoms with Gasteiger partial charge in [0.05, 0.1) is 17.6 Å². The minimum atomic E-state index is -0.575. The number of aryl methyl sites for hydroxylation is 1. The first-order valence-corrected chi connectivity index (χ1v) is 9.53. The number of hydrogen-bond donors (Lipinski definition) is 1. The van der Waals surface area contributed by atoms with Crippen molar-refractivity contribution in [2.45, 2.75) is 51.2 Å². The van der Waals surface area contributed by atoms with Crippen LogP contribution in [0.5, 0.6) is 5.75 Å². The molecule has 4 nitrogen and oxygen atoms in total. The molecular weight excluding hydrogens is 324 g/mol. The van der Waals surface area contributed by atoms with Crippen LogP contribution in [0, 0.1) is 6.92 Å². The van der Waals surface area contributed by atoms with Gasteiger partial charge in [-0.25, -0.2) is 4.98 Å². The first kappa shape index (κ1) is 17.1. The van der Waals surface area contributed by atoms with Gasteiger partial charge in [-0.05, 0) is 44.0 Å². The Hall–Kier alpha value is -2.33. The van der Waals surface area contributed by atoms with Crippen molar-refractivity contribution in [1.82, 2.24) is 9.55 Å². The summed E-state index contributed by atoms with van der Waals surface area (Å²) in [4.78, 5) is 4.89. The summed E-state index contributed by atoms with van der Waals surface area (Å²) in [5.41, 5.74) is 3.31. The molecule has 2 aromatic carbocycles. The van der Waals surface area contributed by atoms with E-state index in [1.165, 1.54) is 31.2 Å². The highest BCUT2D eigenvalue weighted by Crippen LogP contribution is 2.35. The number of nitrogens with zero attached hydrogens (tertiary/aromatic N) is 2. The van der Waals surface area contributed by atoms with Gasteiger partial charge in [-0.1, -0.05) is 42.7 Å². The molecule has 4 rings (SSSR count). The molecule has 1 aliphatic rings. The van der Waals surface area contributed by atoms with Crippen molar-refractivity contribution in [2.24, 2.45) is 0 Å². The number of aliphatic hydroxyl groups excluding tert-OH is 1. The summed E-state index contributed by atoms with van der Waals surface area (Å²) in [5.74, 6) is 2.42. The second-order valence-corrected chi connectivity index (χ2v) is 7.33. The molecule has 1 N–H and O–H groups in total. The van der Waals surface area contributed by atoms with Crippen molar-refractivity contribution in [3.05, 3.63) is 59.9 Å².